The highest BCUT2D eigenvalue weighted by Gasteiger charge is 2.29. The summed E-state index contributed by atoms with van der Waals surface area (Å²) in [5, 5.41) is 6.30. The Morgan fingerprint density at radius 1 is 1.29 bits per heavy atom. The van der Waals surface area contributed by atoms with Gasteiger partial charge in [0.2, 0.25) is 5.91 Å². The van der Waals surface area contributed by atoms with E-state index in [0.717, 1.165) is 38.8 Å². The van der Waals surface area contributed by atoms with E-state index in [1.807, 2.05) is 0 Å². The van der Waals surface area contributed by atoms with Crippen LogP contribution in [0.4, 0.5) is 0 Å². The number of nitrogens with two attached hydrogens (primary N) is 1. The summed E-state index contributed by atoms with van der Waals surface area (Å²) in [7, 11) is 0. The Hall–Kier alpha value is -0.610. The lowest BCUT2D eigenvalue weighted by atomic mass is 9.88. The average Bonchev–Trinajstić information content (AvgIpc) is 2.91. The van der Waals surface area contributed by atoms with Crippen LogP contribution in [0.25, 0.3) is 0 Å². The van der Waals surface area contributed by atoms with Crippen molar-refractivity contribution < 1.29 is 4.79 Å². The molecule has 2 fully saturated rings. The monoisotopic (exact) mass is 197 g/mol. The Morgan fingerprint density at radius 3 is 2.57 bits per heavy atom. The van der Waals surface area contributed by atoms with Crippen molar-refractivity contribution in [2.24, 2.45) is 11.7 Å². The van der Waals surface area contributed by atoms with Crippen LogP contribution in [-0.2, 0) is 4.79 Å². The Morgan fingerprint density at radius 2 is 2.00 bits per heavy atom. The quantitative estimate of drug-likeness (QED) is 0.525. The predicted octanol–water partition coefficient (Wildman–Crippen LogP) is -0.408. The van der Waals surface area contributed by atoms with E-state index in [4.69, 9.17) is 5.73 Å². The van der Waals surface area contributed by atoms with Crippen LogP contribution in [0.3, 0.4) is 0 Å². The summed E-state index contributed by atoms with van der Waals surface area (Å²) in [6, 6.07) is 0.983. The molecule has 0 aromatic carbocycles. The van der Waals surface area contributed by atoms with E-state index in [9.17, 15) is 4.79 Å². The van der Waals surface area contributed by atoms with E-state index in [1.165, 1.54) is 0 Å². The number of nitrogens with one attached hydrogen (secondary N) is 2. The zero-order chi connectivity index (χ0) is 9.97. The molecule has 14 heavy (non-hydrogen) atoms. The third kappa shape index (κ3) is 2.69. The van der Waals surface area contributed by atoms with Crippen molar-refractivity contribution in [3.05, 3.63) is 0 Å². The normalized spacial score (nSPS) is 30.9. The maximum atomic E-state index is 11.2. The van der Waals surface area contributed by atoms with E-state index >= 15 is 0 Å². The third-order valence-electron chi connectivity index (χ3n) is 2.98. The number of hydrogen-bond acceptors (Lipinski definition) is 3. The molecular weight excluding hydrogens is 178 g/mol. The zero-order valence-corrected chi connectivity index (χ0v) is 8.46. The van der Waals surface area contributed by atoms with Gasteiger partial charge >= 0.3 is 0 Å². The lowest BCUT2D eigenvalue weighted by molar-refractivity contribution is -0.122. The Kier molecular flexibility index (Phi) is 3.03. The van der Waals surface area contributed by atoms with Crippen molar-refractivity contribution in [1.82, 2.24) is 10.6 Å². The highest BCUT2D eigenvalue weighted by molar-refractivity contribution is 5.80. The molecule has 2 rings (SSSR count). The van der Waals surface area contributed by atoms with Crippen molar-refractivity contribution in [3.8, 4) is 0 Å². The molecule has 4 N–H and O–H groups in total. The molecule has 0 aliphatic heterocycles. The summed E-state index contributed by atoms with van der Waals surface area (Å²) in [6.45, 7) is 1.62. The maximum absolute atomic E-state index is 11.2. The number of amides is 1. The van der Waals surface area contributed by atoms with Crippen LogP contribution >= 0.6 is 0 Å². The standard InChI is InChI=1S/C10H19N3O/c11-8-5-9(6-8)12-3-4-13-10(14)7-1-2-7/h7-9,12H,1-6,11H2,(H,13,14). The van der Waals surface area contributed by atoms with Crippen molar-refractivity contribution in [2.75, 3.05) is 13.1 Å². The van der Waals surface area contributed by atoms with E-state index in [-0.39, 0.29) is 5.91 Å². The predicted molar refractivity (Wildman–Crippen MR) is 54.7 cm³/mol. The van der Waals surface area contributed by atoms with E-state index in [2.05, 4.69) is 10.6 Å². The molecule has 0 aromatic rings. The zero-order valence-electron chi connectivity index (χ0n) is 8.46. The van der Waals surface area contributed by atoms with Gasteiger partial charge in [-0.1, -0.05) is 0 Å². The molecule has 1 amide bonds. The summed E-state index contributed by atoms with van der Waals surface area (Å²) >= 11 is 0. The molecular formula is C10H19N3O. The minimum atomic E-state index is 0.233. The molecule has 0 bridgehead atoms. The molecule has 2 saturated carbocycles. The van der Waals surface area contributed by atoms with Crippen LogP contribution in [0, 0.1) is 5.92 Å². The van der Waals surface area contributed by atoms with Crippen LogP contribution in [0.2, 0.25) is 0 Å². The first-order valence-corrected chi connectivity index (χ1v) is 5.52. The molecule has 0 heterocycles. The summed E-state index contributed by atoms with van der Waals surface area (Å²) in [6.07, 6.45) is 4.32. The maximum Gasteiger partial charge on any atom is 0.223 e. The highest BCUT2D eigenvalue weighted by atomic mass is 16.2. The molecule has 4 nitrogen and oxygen atoms in total. The van der Waals surface area contributed by atoms with Crippen LogP contribution in [0.15, 0.2) is 0 Å². The van der Waals surface area contributed by atoms with Crippen molar-refractivity contribution in [3.63, 3.8) is 0 Å². The van der Waals surface area contributed by atoms with Gasteiger partial charge in [-0.3, -0.25) is 4.79 Å². The second kappa shape index (κ2) is 4.28. The molecule has 0 aromatic heterocycles. The fraction of sp³-hybridized carbons (Fsp3) is 0.900. The van der Waals surface area contributed by atoms with E-state index in [1.54, 1.807) is 0 Å². The fourth-order valence-corrected chi connectivity index (χ4v) is 1.78. The first-order valence-electron chi connectivity index (χ1n) is 5.52. The first-order chi connectivity index (χ1) is 6.75. The molecule has 0 spiro atoms. The summed E-state index contributed by atoms with van der Waals surface area (Å²) in [5.74, 6) is 0.559. The van der Waals surface area contributed by atoms with Gasteiger partial charge in [0.05, 0.1) is 0 Å². The largest absolute Gasteiger partial charge is 0.355 e. The van der Waals surface area contributed by atoms with Crippen LogP contribution in [0.1, 0.15) is 25.7 Å². The number of rotatable bonds is 5. The topological polar surface area (TPSA) is 67.2 Å². The van der Waals surface area contributed by atoms with Gasteiger partial charge in [0.15, 0.2) is 0 Å². The Labute approximate surface area is 84.6 Å². The first kappa shape index (κ1) is 9.93. The molecule has 80 valence electrons. The second-order valence-electron chi connectivity index (χ2n) is 4.45. The summed E-state index contributed by atoms with van der Waals surface area (Å²) in [4.78, 5) is 11.2. The fourth-order valence-electron chi connectivity index (χ4n) is 1.78. The van der Waals surface area contributed by atoms with Gasteiger partial charge in [-0.15, -0.1) is 0 Å². The summed E-state index contributed by atoms with van der Waals surface area (Å²) < 4.78 is 0. The molecule has 2 aliphatic carbocycles. The van der Waals surface area contributed by atoms with Gasteiger partial charge in [0.25, 0.3) is 0 Å². The van der Waals surface area contributed by atoms with Crippen molar-refractivity contribution >= 4 is 5.91 Å². The van der Waals surface area contributed by atoms with Gasteiger partial charge < -0.3 is 16.4 Å². The smallest absolute Gasteiger partial charge is 0.223 e. The van der Waals surface area contributed by atoms with Gasteiger partial charge in [-0.25, -0.2) is 0 Å². The molecule has 0 unspecified atom stereocenters. The van der Waals surface area contributed by atoms with Crippen molar-refractivity contribution in [2.45, 2.75) is 37.8 Å². The Bertz CT molecular complexity index is 209. The lowest BCUT2D eigenvalue weighted by Crippen LogP contribution is -2.50. The minimum absolute atomic E-state index is 0.233. The van der Waals surface area contributed by atoms with Crippen LogP contribution in [0.5, 0.6) is 0 Å². The van der Waals surface area contributed by atoms with Gasteiger partial charge in [-0.2, -0.15) is 0 Å². The SMILES string of the molecule is NC1CC(NCCNC(=O)C2CC2)C1. The van der Waals surface area contributed by atoms with Gasteiger partial charge in [-0.05, 0) is 25.7 Å². The number of carbonyl (C=O) groups is 1. The number of hydrogen-bond donors (Lipinski definition) is 3. The molecule has 2 aliphatic rings. The van der Waals surface area contributed by atoms with Crippen LogP contribution in [-0.4, -0.2) is 31.1 Å². The lowest BCUT2D eigenvalue weighted by Gasteiger charge is -2.33. The molecule has 0 atom stereocenters. The Balaban J connectivity index is 1.45. The number of carbonyl (C=O) groups excluding carboxylic acids is 1. The van der Waals surface area contributed by atoms with E-state index in [0.29, 0.717) is 18.0 Å². The molecule has 0 saturated heterocycles. The third-order valence-corrected chi connectivity index (χ3v) is 2.98. The average molecular weight is 197 g/mol. The molecule has 4 heteroatoms. The molecule has 0 radical (unpaired) electrons. The van der Waals surface area contributed by atoms with Gasteiger partial charge in [0.1, 0.15) is 0 Å². The van der Waals surface area contributed by atoms with Crippen molar-refractivity contribution in [1.29, 1.82) is 0 Å². The van der Waals surface area contributed by atoms with Gasteiger partial charge in [0, 0.05) is 31.1 Å². The summed E-state index contributed by atoms with van der Waals surface area (Å²) in [5.41, 5.74) is 5.66. The highest BCUT2D eigenvalue weighted by Crippen LogP contribution is 2.28. The minimum Gasteiger partial charge on any atom is -0.355 e. The second-order valence-corrected chi connectivity index (χ2v) is 4.45. The van der Waals surface area contributed by atoms with Crippen LogP contribution < -0.4 is 16.4 Å². The van der Waals surface area contributed by atoms with E-state index < -0.39 is 0 Å².